The molecule has 0 bridgehead atoms. The monoisotopic (exact) mass is 290 g/mol. The fourth-order valence-corrected chi connectivity index (χ4v) is 2.90. The molecule has 1 heterocycles. The van der Waals surface area contributed by atoms with E-state index in [0.29, 0.717) is 0 Å². The Balaban J connectivity index is 1.91. The minimum atomic E-state index is 0.861. The topological polar surface area (TPSA) is 42.7 Å². The van der Waals surface area contributed by atoms with Crippen molar-refractivity contribution in [3.8, 4) is 0 Å². The maximum absolute atomic E-state index is 4.30. The Hall–Kier alpha value is -1.33. The molecule has 108 valence electrons. The predicted molar refractivity (Wildman–Crippen MR) is 83.7 cm³/mol. The summed E-state index contributed by atoms with van der Waals surface area (Å²) in [6, 6.07) is 8.69. The molecule has 0 saturated heterocycles. The average Bonchev–Trinajstić information content (AvgIpc) is 2.93. The van der Waals surface area contributed by atoms with Crippen LogP contribution in [-0.4, -0.2) is 21.3 Å². The van der Waals surface area contributed by atoms with Crippen LogP contribution in [-0.2, 0) is 18.8 Å². The first kappa shape index (κ1) is 15.1. The van der Waals surface area contributed by atoms with E-state index in [2.05, 4.69) is 53.5 Å². The van der Waals surface area contributed by atoms with Gasteiger partial charge in [-0.3, -0.25) is 0 Å². The number of rotatable bonds is 8. The number of benzene rings is 1. The van der Waals surface area contributed by atoms with Crippen LogP contribution in [0.2, 0.25) is 0 Å². The summed E-state index contributed by atoms with van der Waals surface area (Å²) in [6.45, 7) is 7.15. The minimum Gasteiger partial charge on any atom is -0.313 e. The Labute approximate surface area is 125 Å². The fourth-order valence-electron chi connectivity index (χ4n) is 1.97. The molecule has 4 nitrogen and oxygen atoms in total. The van der Waals surface area contributed by atoms with Crippen molar-refractivity contribution in [2.24, 2.45) is 0 Å². The van der Waals surface area contributed by atoms with Crippen LogP contribution in [0.3, 0.4) is 0 Å². The van der Waals surface area contributed by atoms with Gasteiger partial charge in [-0.1, -0.05) is 19.1 Å². The highest BCUT2D eigenvalue weighted by Crippen LogP contribution is 2.22. The van der Waals surface area contributed by atoms with E-state index in [4.69, 9.17) is 0 Å². The summed E-state index contributed by atoms with van der Waals surface area (Å²) in [5.41, 5.74) is 1.33. The zero-order valence-electron chi connectivity index (χ0n) is 12.2. The van der Waals surface area contributed by atoms with Gasteiger partial charge in [-0.25, -0.2) is 9.67 Å². The van der Waals surface area contributed by atoms with Crippen molar-refractivity contribution in [1.82, 2.24) is 20.1 Å². The molecular weight excluding hydrogens is 268 g/mol. The largest absolute Gasteiger partial charge is 0.313 e. The molecule has 2 aromatic rings. The van der Waals surface area contributed by atoms with Crippen LogP contribution in [0, 0.1) is 0 Å². The molecule has 1 N–H and O–H groups in total. The third kappa shape index (κ3) is 4.35. The molecule has 1 aromatic heterocycles. The highest BCUT2D eigenvalue weighted by Gasteiger charge is 2.04. The molecule has 0 aliphatic rings. The third-order valence-corrected chi connectivity index (χ3v) is 4.01. The quantitative estimate of drug-likeness (QED) is 0.599. The first-order valence-electron chi connectivity index (χ1n) is 7.12. The molecule has 2 rings (SSSR count). The molecule has 5 heteroatoms. The van der Waals surface area contributed by atoms with E-state index < -0.39 is 0 Å². The molecule has 0 unspecified atom stereocenters. The number of nitrogens with one attached hydrogen (secondary N) is 1. The van der Waals surface area contributed by atoms with E-state index in [9.17, 15) is 0 Å². The Bertz CT molecular complexity index is 524. The number of hydrogen-bond donors (Lipinski definition) is 1. The number of aromatic nitrogens is 3. The molecule has 0 aliphatic carbocycles. The van der Waals surface area contributed by atoms with Crippen LogP contribution in [0.5, 0.6) is 0 Å². The number of thioether (sulfide) groups is 1. The maximum atomic E-state index is 4.30. The highest BCUT2D eigenvalue weighted by molar-refractivity contribution is 7.98. The van der Waals surface area contributed by atoms with Crippen molar-refractivity contribution in [2.75, 3.05) is 6.54 Å². The molecular formula is C15H22N4S. The second-order valence-corrected chi connectivity index (χ2v) is 5.65. The molecule has 0 atom stereocenters. The number of hydrogen-bond acceptors (Lipinski definition) is 4. The van der Waals surface area contributed by atoms with Crippen molar-refractivity contribution in [1.29, 1.82) is 0 Å². The number of nitrogens with zero attached hydrogens (tertiary/aromatic N) is 3. The van der Waals surface area contributed by atoms with E-state index >= 15 is 0 Å². The van der Waals surface area contributed by atoms with Gasteiger partial charge in [-0.2, -0.15) is 5.10 Å². The molecule has 0 amide bonds. The lowest BCUT2D eigenvalue weighted by Gasteiger charge is -2.06. The van der Waals surface area contributed by atoms with Crippen LogP contribution in [0.15, 0.2) is 35.5 Å². The van der Waals surface area contributed by atoms with Crippen LogP contribution in [0.25, 0.3) is 0 Å². The first-order valence-corrected chi connectivity index (χ1v) is 8.11. The normalized spacial score (nSPS) is 10.9. The van der Waals surface area contributed by atoms with Crippen molar-refractivity contribution < 1.29 is 0 Å². The second kappa shape index (κ2) is 8.07. The molecule has 0 saturated carbocycles. The van der Waals surface area contributed by atoms with Crippen LogP contribution in [0.1, 0.15) is 31.7 Å². The van der Waals surface area contributed by atoms with Crippen molar-refractivity contribution in [3.63, 3.8) is 0 Å². The lowest BCUT2D eigenvalue weighted by atomic mass is 10.2. The van der Waals surface area contributed by atoms with E-state index in [0.717, 1.165) is 31.2 Å². The van der Waals surface area contributed by atoms with Crippen molar-refractivity contribution in [3.05, 3.63) is 42.0 Å². The van der Waals surface area contributed by atoms with E-state index in [-0.39, 0.29) is 0 Å². The molecule has 20 heavy (non-hydrogen) atoms. The predicted octanol–water partition coefficient (Wildman–Crippen LogP) is 3.09. The third-order valence-electron chi connectivity index (χ3n) is 3.02. The maximum Gasteiger partial charge on any atom is 0.138 e. The van der Waals surface area contributed by atoms with Gasteiger partial charge in [0.15, 0.2) is 0 Å². The summed E-state index contributed by atoms with van der Waals surface area (Å²) in [6.07, 6.45) is 2.80. The second-order valence-electron chi connectivity index (χ2n) is 4.60. The van der Waals surface area contributed by atoms with Crippen LogP contribution >= 0.6 is 11.8 Å². The van der Waals surface area contributed by atoms with Gasteiger partial charge in [-0.05, 0) is 37.6 Å². The van der Waals surface area contributed by atoms with Gasteiger partial charge in [0.1, 0.15) is 12.2 Å². The van der Waals surface area contributed by atoms with E-state index in [1.54, 1.807) is 6.33 Å². The zero-order chi connectivity index (χ0) is 14.2. The smallest absolute Gasteiger partial charge is 0.138 e. The Morgan fingerprint density at radius 3 is 3.00 bits per heavy atom. The lowest BCUT2D eigenvalue weighted by Crippen LogP contribution is -2.13. The number of aryl methyl sites for hydroxylation is 1. The highest BCUT2D eigenvalue weighted by atomic mass is 32.2. The summed E-state index contributed by atoms with van der Waals surface area (Å²) in [5.74, 6) is 1.90. The first-order chi connectivity index (χ1) is 9.83. The van der Waals surface area contributed by atoms with Gasteiger partial charge in [0, 0.05) is 18.0 Å². The van der Waals surface area contributed by atoms with Crippen LogP contribution in [0.4, 0.5) is 0 Å². The fraction of sp³-hybridized carbons (Fsp3) is 0.467. The van der Waals surface area contributed by atoms with Gasteiger partial charge in [-0.15, -0.1) is 11.8 Å². The van der Waals surface area contributed by atoms with Gasteiger partial charge < -0.3 is 5.32 Å². The van der Waals surface area contributed by atoms with Gasteiger partial charge in [0.05, 0.1) is 5.75 Å². The van der Waals surface area contributed by atoms with Crippen molar-refractivity contribution in [2.45, 2.75) is 44.0 Å². The molecule has 1 aromatic carbocycles. The van der Waals surface area contributed by atoms with Gasteiger partial charge in [0.2, 0.25) is 0 Å². The van der Waals surface area contributed by atoms with Crippen molar-refractivity contribution >= 4 is 11.8 Å². The van der Waals surface area contributed by atoms with E-state index in [1.165, 1.54) is 16.9 Å². The standard InChI is InChI=1S/C15H22N4S/c1-3-8-16-10-13-6-5-7-14(9-13)20-11-15-17-12-18-19(15)4-2/h5-7,9,12,16H,3-4,8,10-11H2,1-2H3. The summed E-state index contributed by atoms with van der Waals surface area (Å²) in [5, 5.41) is 7.63. The summed E-state index contributed by atoms with van der Waals surface area (Å²) < 4.78 is 1.94. The Kier molecular flexibility index (Phi) is 6.08. The Morgan fingerprint density at radius 2 is 2.20 bits per heavy atom. The summed E-state index contributed by atoms with van der Waals surface area (Å²) in [7, 11) is 0. The summed E-state index contributed by atoms with van der Waals surface area (Å²) >= 11 is 1.81. The molecule has 0 radical (unpaired) electrons. The van der Waals surface area contributed by atoms with E-state index in [1.807, 2.05) is 16.4 Å². The van der Waals surface area contributed by atoms with Gasteiger partial charge >= 0.3 is 0 Å². The summed E-state index contributed by atoms with van der Waals surface area (Å²) in [4.78, 5) is 5.59. The Morgan fingerprint density at radius 1 is 1.30 bits per heavy atom. The molecule has 0 spiro atoms. The zero-order valence-corrected chi connectivity index (χ0v) is 13.0. The molecule has 0 aliphatic heterocycles. The SMILES string of the molecule is CCCNCc1cccc(SCc2ncnn2CC)c1. The molecule has 0 fully saturated rings. The average molecular weight is 290 g/mol. The minimum absolute atomic E-state index is 0.861. The van der Waals surface area contributed by atoms with Gasteiger partial charge in [0.25, 0.3) is 0 Å². The lowest BCUT2D eigenvalue weighted by molar-refractivity contribution is 0.632. The van der Waals surface area contributed by atoms with Crippen LogP contribution < -0.4 is 5.32 Å².